The minimum absolute atomic E-state index is 0. The van der Waals surface area contributed by atoms with Crippen LogP contribution in [0.5, 0.6) is 0 Å². The first-order chi connectivity index (χ1) is 15.2. The van der Waals surface area contributed by atoms with E-state index in [1.54, 1.807) is 16.9 Å². The number of rotatable bonds is 6. The van der Waals surface area contributed by atoms with Gasteiger partial charge in [0.05, 0.1) is 36.0 Å². The van der Waals surface area contributed by atoms with Crippen LogP contribution >= 0.6 is 13.5 Å². The van der Waals surface area contributed by atoms with Gasteiger partial charge in [-0.3, -0.25) is 14.5 Å². The Bertz CT molecular complexity index is 1160. The molecule has 1 aliphatic heterocycles. The number of nitrogens with one attached hydrogen (secondary N) is 2. The summed E-state index contributed by atoms with van der Waals surface area (Å²) in [6, 6.07) is 3.46. The van der Waals surface area contributed by atoms with E-state index in [2.05, 4.69) is 25.7 Å². The minimum Gasteiger partial charge on any atom is -0.366 e. The average molecular weight is 472 g/mol. The Kier molecular flexibility index (Phi) is 7.26. The fourth-order valence-corrected chi connectivity index (χ4v) is 4.12. The standard InChI is InChI=1S/C23H28FN7O.H2S/c1-13(2)22-23(32)29-21-15(4)28-20(7-19(21)30(22)5)26-8-16-9-27-31(11-16)12-17-6-14(3)25-10-18(17)24;/h6-7,9-11,13,22H,8,12H2,1-5H3,(H,26,28)(H,29,32);1H2/t22-;/m0./s1. The Labute approximate surface area is 200 Å². The molecule has 0 aromatic carbocycles. The number of carbonyl (C=O) groups excluding carboxylic acids is 1. The number of hydrogen-bond donors (Lipinski definition) is 2. The molecule has 176 valence electrons. The smallest absolute Gasteiger partial charge is 0.247 e. The van der Waals surface area contributed by atoms with E-state index >= 15 is 0 Å². The van der Waals surface area contributed by atoms with Gasteiger partial charge in [0, 0.05) is 42.7 Å². The first kappa shape index (κ1) is 24.5. The fourth-order valence-electron chi connectivity index (χ4n) is 4.12. The molecule has 1 atom stereocenters. The molecule has 4 heterocycles. The molecule has 0 radical (unpaired) electrons. The van der Waals surface area contributed by atoms with Crippen LogP contribution in [-0.4, -0.2) is 38.7 Å². The normalized spacial score (nSPS) is 15.2. The highest BCUT2D eigenvalue weighted by Crippen LogP contribution is 2.36. The van der Waals surface area contributed by atoms with Crippen molar-refractivity contribution in [3.05, 3.63) is 59.1 Å². The average Bonchev–Trinajstić information content (AvgIpc) is 3.17. The van der Waals surface area contributed by atoms with Crippen molar-refractivity contribution >= 4 is 36.6 Å². The Balaban J connectivity index is 0.00000306. The molecule has 1 amide bonds. The van der Waals surface area contributed by atoms with Gasteiger partial charge >= 0.3 is 0 Å². The molecule has 0 spiro atoms. The third-order valence-electron chi connectivity index (χ3n) is 5.69. The van der Waals surface area contributed by atoms with E-state index in [1.807, 2.05) is 51.9 Å². The predicted octanol–water partition coefficient (Wildman–Crippen LogP) is 3.62. The summed E-state index contributed by atoms with van der Waals surface area (Å²) in [5, 5.41) is 10.7. The van der Waals surface area contributed by atoms with E-state index in [1.165, 1.54) is 6.20 Å². The largest absolute Gasteiger partial charge is 0.366 e. The van der Waals surface area contributed by atoms with E-state index in [0.717, 1.165) is 34.1 Å². The minimum atomic E-state index is -0.338. The summed E-state index contributed by atoms with van der Waals surface area (Å²) in [6.45, 7) is 8.66. The van der Waals surface area contributed by atoms with E-state index in [-0.39, 0.29) is 37.2 Å². The number of hydrogen-bond acceptors (Lipinski definition) is 6. The third kappa shape index (κ3) is 5.11. The van der Waals surface area contributed by atoms with Crippen LogP contribution in [0.1, 0.15) is 36.4 Å². The maximum atomic E-state index is 14.0. The van der Waals surface area contributed by atoms with Crippen LogP contribution in [0, 0.1) is 25.6 Å². The lowest BCUT2D eigenvalue weighted by Gasteiger charge is -2.38. The molecule has 33 heavy (non-hydrogen) atoms. The molecule has 3 aromatic heterocycles. The zero-order chi connectivity index (χ0) is 23.0. The van der Waals surface area contributed by atoms with Gasteiger partial charge in [-0.1, -0.05) is 13.8 Å². The Morgan fingerprint density at radius 2 is 2.00 bits per heavy atom. The van der Waals surface area contributed by atoms with E-state index < -0.39 is 0 Å². The second-order valence-electron chi connectivity index (χ2n) is 8.59. The van der Waals surface area contributed by atoms with Gasteiger partial charge in [0.1, 0.15) is 17.7 Å². The second-order valence-corrected chi connectivity index (χ2v) is 8.59. The van der Waals surface area contributed by atoms with Gasteiger partial charge in [-0.25, -0.2) is 9.37 Å². The van der Waals surface area contributed by atoms with E-state index in [9.17, 15) is 9.18 Å². The number of anilines is 3. The van der Waals surface area contributed by atoms with Gasteiger partial charge < -0.3 is 15.5 Å². The topological polar surface area (TPSA) is 88.0 Å². The van der Waals surface area contributed by atoms with Gasteiger partial charge in [0.2, 0.25) is 5.91 Å². The molecule has 1 aliphatic rings. The monoisotopic (exact) mass is 471 g/mol. The van der Waals surface area contributed by atoms with Gasteiger partial charge in [-0.05, 0) is 25.8 Å². The Morgan fingerprint density at radius 1 is 1.24 bits per heavy atom. The maximum Gasteiger partial charge on any atom is 0.247 e. The number of pyridine rings is 2. The van der Waals surface area contributed by atoms with Crippen molar-refractivity contribution in [1.29, 1.82) is 0 Å². The molecule has 0 aliphatic carbocycles. The molecule has 0 bridgehead atoms. The van der Waals surface area contributed by atoms with Gasteiger partial charge in [0.15, 0.2) is 0 Å². The van der Waals surface area contributed by atoms with Crippen molar-refractivity contribution in [2.75, 3.05) is 22.6 Å². The fraction of sp³-hybridized carbons (Fsp3) is 0.391. The lowest BCUT2D eigenvalue weighted by atomic mass is 9.98. The molecular weight excluding hydrogens is 441 g/mol. The molecular formula is C23H30FN7OS. The molecule has 0 fully saturated rings. The SMILES string of the molecule is Cc1cc(Cn2cc(CNc3cc4c(c(C)n3)NC(=O)[C@H](C(C)C)N4C)cn2)c(F)cn1.S. The lowest BCUT2D eigenvalue weighted by Crippen LogP contribution is -2.49. The maximum absolute atomic E-state index is 14.0. The van der Waals surface area contributed by atoms with Crippen LogP contribution in [0.2, 0.25) is 0 Å². The van der Waals surface area contributed by atoms with Crippen LogP contribution in [0.15, 0.2) is 30.7 Å². The number of aromatic nitrogens is 4. The van der Waals surface area contributed by atoms with Crippen molar-refractivity contribution < 1.29 is 9.18 Å². The van der Waals surface area contributed by atoms with Crippen molar-refractivity contribution in [3.63, 3.8) is 0 Å². The van der Waals surface area contributed by atoms with Crippen LogP contribution in [0.25, 0.3) is 0 Å². The molecule has 2 N–H and O–H groups in total. The number of likely N-dealkylation sites (N-methyl/N-ethyl adjacent to an activating group) is 1. The number of amides is 1. The van der Waals surface area contributed by atoms with Crippen molar-refractivity contribution in [3.8, 4) is 0 Å². The Hall–Kier alpha value is -3.14. The quantitative estimate of drug-likeness (QED) is 0.571. The first-order valence-electron chi connectivity index (χ1n) is 10.6. The number of halogens is 1. The van der Waals surface area contributed by atoms with Crippen LogP contribution in [0.3, 0.4) is 0 Å². The highest BCUT2D eigenvalue weighted by molar-refractivity contribution is 7.59. The molecule has 10 heteroatoms. The molecule has 0 saturated heterocycles. The number of aryl methyl sites for hydroxylation is 2. The molecule has 8 nitrogen and oxygen atoms in total. The van der Waals surface area contributed by atoms with E-state index in [0.29, 0.717) is 18.7 Å². The van der Waals surface area contributed by atoms with Crippen molar-refractivity contribution in [2.45, 2.75) is 46.8 Å². The summed E-state index contributed by atoms with van der Waals surface area (Å²) in [6.07, 6.45) is 4.88. The van der Waals surface area contributed by atoms with Crippen LogP contribution in [0.4, 0.5) is 21.6 Å². The number of fused-ring (bicyclic) bond motifs is 1. The zero-order valence-corrected chi connectivity index (χ0v) is 20.5. The first-order valence-corrected chi connectivity index (χ1v) is 10.6. The van der Waals surface area contributed by atoms with Crippen molar-refractivity contribution in [2.24, 2.45) is 5.92 Å². The van der Waals surface area contributed by atoms with Crippen LogP contribution < -0.4 is 15.5 Å². The van der Waals surface area contributed by atoms with Gasteiger partial charge in [-0.2, -0.15) is 18.6 Å². The van der Waals surface area contributed by atoms with Crippen molar-refractivity contribution in [1.82, 2.24) is 19.7 Å². The number of nitrogens with zero attached hydrogens (tertiary/aromatic N) is 5. The van der Waals surface area contributed by atoms with Gasteiger partial charge in [-0.15, -0.1) is 0 Å². The lowest BCUT2D eigenvalue weighted by molar-refractivity contribution is -0.118. The highest BCUT2D eigenvalue weighted by Gasteiger charge is 2.34. The van der Waals surface area contributed by atoms with E-state index in [4.69, 9.17) is 0 Å². The summed E-state index contributed by atoms with van der Waals surface area (Å²) in [5.41, 5.74) is 4.73. The van der Waals surface area contributed by atoms with Gasteiger partial charge in [0.25, 0.3) is 0 Å². The third-order valence-corrected chi connectivity index (χ3v) is 5.69. The summed E-state index contributed by atoms with van der Waals surface area (Å²) < 4.78 is 15.7. The molecule has 3 aromatic rings. The molecule has 0 saturated carbocycles. The van der Waals surface area contributed by atoms with Crippen LogP contribution in [-0.2, 0) is 17.9 Å². The highest BCUT2D eigenvalue weighted by atomic mass is 32.1. The zero-order valence-electron chi connectivity index (χ0n) is 19.5. The summed E-state index contributed by atoms with van der Waals surface area (Å²) >= 11 is 0. The number of carbonyl (C=O) groups is 1. The molecule has 4 rings (SSSR count). The summed E-state index contributed by atoms with van der Waals surface area (Å²) in [7, 11) is 1.94. The summed E-state index contributed by atoms with van der Waals surface area (Å²) in [4.78, 5) is 23.1. The second kappa shape index (κ2) is 9.78. The molecule has 0 unspecified atom stereocenters. The predicted molar refractivity (Wildman–Crippen MR) is 133 cm³/mol. The summed E-state index contributed by atoms with van der Waals surface area (Å²) in [5.74, 6) is 0.553. The Morgan fingerprint density at radius 3 is 2.73 bits per heavy atom.